The number of alkyl halides is 1. The van der Waals surface area contributed by atoms with E-state index in [1.807, 2.05) is 18.2 Å². The number of amides is 1. The first-order chi connectivity index (χ1) is 9.08. The second kappa shape index (κ2) is 6.02. The number of likely N-dealkylation sites (tertiary alicyclic amines) is 1. The Morgan fingerprint density at radius 2 is 2.05 bits per heavy atom. The fourth-order valence-corrected chi connectivity index (χ4v) is 2.21. The van der Waals surface area contributed by atoms with E-state index >= 15 is 0 Å². The summed E-state index contributed by atoms with van der Waals surface area (Å²) in [5, 5.41) is -0.739. The van der Waals surface area contributed by atoms with Crippen molar-refractivity contribution in [2.45, 2.75) is 25.2 Å². The molecule has 1 amide bonds. The van der Waals surface area contributed by atoms with Crippen LogP contribution in [0.25, 0.3) is 0 Å². The number of benzene rings is 1. The number of carbonyl (C=O) groups is 2. The number of hydrogen-bond acceptors (Lipinski definition) is 3. The summed E-state index contributed by atoms with van der Waals surface area (Å²) in [6, 6.07) is 8.17. The van der Waals surface area contributed by atoms with Gasteiger partial charge in [0.15, 0.2) is 0 Å². The Kier molecular flexibility index (Phi) is 4.37. The smallest absolute Gasteiger partial charge is 0.410 e. The van der Waals surface area contributed by atoms with Crippen LogP contribution in [-0.4, -0.2) is 35.0 Å². The molecular formula is C13H13ClFNO3. The van der Waals surface area contributed by atoms with Gasteiger partial charge in [-0.3, -0.25) is 9.69 Å². The van der Waals surface area contributed by atoms with Gasteiger partial charge < -0.3 is 4.74 Å². The van der Waals surface area contributed by atoms with Crippen molar-refractivity contribution in [2.24, 2.45) is 0 Å². The molecule has 0 aromatic heterocycles. The van der Waals surface area contributed by atoms with Crippen molar-refractivity contribution >= 4 is 22.9 Å². The van der Waals surface area contributed by atoms with Crippen LogP contribution in [0.15, 0.2) is 30.3 Å². The molecule has 1 fully saturated rings. The van der Waals surface area contributed by atoms with Crippen LogP contribution in [0.2, 0.25) is 0 Å². The van der Waals surface area contributed by atoms with Gasteiger partial charge in [-0.1, -0.05) is 30.3 Å². The Morgan fingerprint density at radius 1 is 1.37 bits per heavy atom. The average molecular weight is 286 g/mol. The number of hydrogen-bond donors (Lipinski definition) is 0. The van der Waals surface area contributed by atoms with E-state index in [1.165, 1.54) is 0 Å². The quantitative estimate of drug-likeness (QED) is 0.802. The molecule has 6 heteroatoms. The lowest BCUT2D eigenvalue weighted by atomic mass is 10.2. The third kappa shape index (κ3) is 3.44. The summed E-state index contributed by atoms with van der Waals surface area (Å²) in [4.78, 5) is 24.0. The number of halogens is 2. The summed E-state index contributed by atoms with van der Waals surface area (Å²) in [7, 11) is 0. The predicted octanol–water partition coefficient (Wildman–Crippen LogP) is 2.50. The second-order valence-electron chi connectivity index (χ2n) is 4.35. The van der Waals surface area contributed by atoms with E-state index in [4.69, 9.17) is 16.3 Å². The number of rotatable bonds is 3. The van der Waals surface area contributed by atoms with E-state index in [1.54, 1.807) is 12.1 Å². The molecule has 0 spiro atoms. The summed E-state index contributed by atoms with van der Waals surface area (Å²) in [6.07, 6.45) is -2.03. The summed E-state index contributed by atoms with van der Waals surface area (Å²) >= 11 is 5.35. The third-order valence-electron chi connectivity index (χ3n) is 2.95. The van der Waals surface area contributed by atoms with Gasteiger partial charge in [0.25, 0.3) is 0 Å². The zero-order valence-corrected chi connectivity index (χ0v) is 10.8. The highest BCUT2D eigenvalue weighted by atomic mass is 35.5. The summed E-state index contributed by atoms with van der Waals surface area (Å²) in [6.45, 7) is -0.0763. The second-order valence-corrected chi connectivity index (χ2v) is 4.72. The molecule has 19 heavy (non-hydrogen) atoms. The van der Waals surface area contributed by atoms with Crippen molar-refractivity contribution in [3.05, 3.63) is 35.9 Å². The molecule has 1 aromatic rings. The van der Waals surface area contributed by atoms with Crippen LogP contribution < -0.4 is 0 Å². The predicted molar refractivity (Wildman–Crippen MR) is 67.5 cm³/mol. The zero-order valence-electron chi connectivity index (χ0n) is 10.1. The van der Waals surface area contributed by atoms with Crippen molar-refractivity contribution < 1.29 is 18.7 Å². The Bertz CT molecular complexity index is 468. The minimum absolute atomic E-state index is 0.0667. The average Bonchev–Trinajstić information content (AvgIpc) is 2.79. The van der Waals surface area contributed by atoms with Gasteiger partial charge in [-0.25, -0.2) is 9.18 Å². The van der Waals surface area contributed by atoms with Crippen LogP contribution in [0.5, 0.6) is 0 Å². The SMILES string of the molecule is O=C(Cl)[C@@H]1C[C@H](F)CN1C(=O)OCc1ccccc1. The number of ether oxygens (including phenoxy) is 1. The molecule has 0 radical (unpaired) electrons. The van der Waals surface area contributed by atoms with Gasteiger partial charge >= 0.3 is 6.09 Å². The van der Waals surface area contributed by atoms with Crippen LogP contribution in [0.1, 0.15) is 12.0 Å². The van der Waals surface area contributed by atoms with Crippen LogP contribution in [-0.2, 0) is 16.1 Å². The van der Waals surface area contributed by atoms with E-state index in [2.05, 4.69) is 0 Å². The van der Waals surface area contributed by atoms with Gasteiger partial charge in [0.1, 0.15) is 18.8 Å². The maximum Gasteiger partial charge on any atom is 0.410 e. The highest BCUT2D eigenvalue weighted by Gasteiger charge is 2.39. The first kappa shape index (κ1) is 13.8. The molecule has 0 unspecified atom stereocenters. The minimum atomic E-state index is -1.24. The molecule has 4 nitrogen and oxygen atoms in total. The van der Waals surface area contributed by atoms with Crippen LogP contribution in [0, 0.1) is 0 Å². The molecule has 2 rings (SSSR count). The Hall–Kier alpha value is -1.62. The normalized spacial score (nSPS) is 22.3. The van der Waals surface area contributed by atoms with E-state index in [0.29, 0.717) is 0 Å². The highest BCUT2D eigenvalue weighted by Crippen LogP contribution is 2.23. The molecule has 0 saturated carbocycles. The first-order valence-corrected chi connectivity index (χ1v) is 6.26. The lowest BCUT2D eigenvalue weighted by Crippen LogP contribution is -2.39. The van der Waals surface area contributed by atoms with Gasteiger partial charge in [0, 0.05) is 6.42 Å². The minimum Gasteiger partial charge on any atom is -0.445 e. The first-order valence-electron chi connectivity index (χ1n) is 5.88. The lowest BCUT2D eigenvalue weighted by Gasteiger charge is -2.20. The molecule has 0 aliphatic carbocycles. The Labute approximate surface area is 115 Å². The van der Waals surface area contributed by atoms with Crippen molar-refractivity contribution in [2.75, 3.05) is 6.54 Å². The molecule has 1 saturated heterocycles. The fourth-order valence-electron chi connectivity index (χ4n) is 2.00. The van der Waals surface area contributed by atoms with Crippen molar-refractivity contribution in [3.63, 3.8) is 0 Å². The maximum absolute atomic E-state index is 13.2. The van der Waals surface area contributed by atoms with Gasteiger partial charge in [-0.2, -0.15) is 0 Å². The zero-order chi connectivity index (χ0) is 13.8. The monoisotopic (exact) mass is 285 g/mol. The van der Waals surface area contributed by atoms with Crippen LogP contribution >= 0.6 is 11.6 Å². The van der Waals surface area contributed by atoms with E-state index < -0.39 is 23.5 Å². The molecule has 2 atom stereocenters. The number of nitrogens with zero attached hydrogens (tertiary/aromatic N) is 1. The third-order valence-corrected chi connectivity index (χ3v) is 3.20. The Balaban J connectivity index is 1.94. The van der Waals surface area contributed by atoms with Gasteiger partial charge in [0.2, 0.25) is 5.24 Å². The molecule has 102 valence electrons. The van der Waals surface area contributed by atoms with Gasteiger partial charge in [0.05, 0.1) is 6.54 Å². The van der Waals surface area contributed by atoms with Gasteiger partial charge in [-0.15, -0.1) is 0 Å². The molecule has 0 N–H and O–H groups in total. The topological polar surface area (TPSA) is 46.6 Å². The summed E-state index contributed by atoms with van der Waals surface area (Å²) < 4.78 is 18.3. The number of carbonyl (C=O) groups excluding carboxylic acids is 2. The molecule has 0 bridgehead atoms. The van der Waals surface area contributed by atoms with Crippen LogP contribution in [0.4, 0.5) is 9.18 Å². The van der Waals surface area contributed by atoms with Crippen molar-refractivity contribution in [3.8, 4) is 0 Å². The lowest BCUT2D eigenvalue weighted by molar-refractivity contribution is -0.115. The highest BCUT2D eigenvalue weighted by molar-refractivity contribution is 6.64. The van der Waals surface area contributed by atoms with Crippen molar-refractivity contribution in [1.82, 2.24) is 4.90 Å². The van der Waals surface area contributed by atoms with E-state index in [9.17, 15) is 14.0 Å². The molecule has 1 heterocycles. The van der Waals surface area contributed by atoms with E-state index in [0.717, 1.165) is 10.5 Å². The van der Waals surface area contributed by atoms with Gasteiger partial charge in [-0.05, 0) is 17.2 Å². The molecular weight excluding hydrogens is 273 g/mol. The summed E-state index contributed by atoms with van der Waals surface area (Å²) in [5.74, 6) is 0. The van der Waals surface area contributed by atoms with Crippen LogP contribution in [0.3, 0.4) is 0 Å². The molecule has 1 aliphatic rings. The Morgan fingerprint density at radius 3 is 2.68 bits per heavy atom. The van der Waals surface area contributed by atoms with E-state index in [-0.39, 0.29) is 19.6 Å². The maximum atomic E-state index is 13.2. The molecule has 1 aromatic carbocycles. The fraction of sp³-hybridized carbons (Fsp3) is 0.385. The molecule has 1 aliphatic heterocycles. The van der Waals surface area contributed by atoms with Crippen molar-refractivity contribution in [1.29, 1.82) is 0 Å². The standard InChI is InChI=1S/C13H13ClFNO3/c14-12(17)11-6-10(15)7-16(11)13(18)19-8-9-4-2-1-3-5-9/h1-5,10-11H,6-8H2/t10-,11-/m0/s1. The summed E-state index contributed by atoms with van der Waals surface area (Å²) in [5.41, 5.74) is 0.820. The largest absolute Gasteiger partial charge is 0.445 e.